The smallest absolute Gasteiger partial charge is 0.182 e. The molecule has 0 aliphatic carbocycles. The van der Waals surface area contributed by atoms with E-state index in [0.717, 1.165) is 10.8 Å². The van der Waals surface area contributed by atoms with Crippen LogP contribution in [0.4, 0.5) is 5.13 Å². The van der Waals surface area contributed by atoms with Crippen LogP contribution in [0, 0.1) is 6.92 Å². The molecular weight excluding hydrogens is 212 g/mol. The molecule has 5 heteroatoms. The molecule has 0 radical (unpaired) electrons. The highest BCUT2D eigenvalue weighted by atomic mass is 32.1. The lowest BCUT2D eigenvalue weighted by Gasteiger charge is -2.22. The maximum atomic E-state index is 9.95. The van der Waals surface area contributed by atoms with Gasteiger partial charge in [0.15, 0.2) is 5.13 Å². The number of methoxy groups -OCH3 is 1. The van der Waals surface area contributed by atoms with Crippen molar-refractivity contribution in [2.45, 2.75) is 25.9 Å². The van der Waals surface area contributed by atoms with Crippen LogP contribution in [0.3, 0.4) is 0 Å². The number of thiazole rings is 1. The van der Waals surface area contributed by atoms with Crippen LogP contribution >= 0.6 is 11.3 Å². The van der Waals surface area contributed by atoms with Crippen molar-refractivity contribution in [2.75, 3.05) is 25.6 Å². The van der Waals surface area contributed by atoms with Gasteiger partial charge in [0.25, 0.3) is 0 Å². The van der Waals surface area contributed by atoms with E-state index in [-0.39, 0.29) is 0 Å². The fourth-order valence-corrected chi connectivity index (χ4v) is 1.80. The minimum absolute atomic E-state index is 0.489. The molecule has 0 fully saturated rings. The third-order valence-electron chi connectivity index (χ3n) is 2.08. The van der Waals surface area contributed by atoms with Gasteiger partial charge in [-0.3, -0.25) is 0 Å². The molecule has 2 N–H and O–H groups in total. The van der Waals surface area contributed by atoms with Crippen LogP contribution in [0.25, 0.3) is 0 Å². The number of nitrogens with zero attached hydrogens (tertiary/aromatic N) is 1. The maximum Gasteiger partial charge on any atom is 0.182 e. The van der Waals surface area contributed by atoms with Gasteiger partial charge in [0.05, 0.1) is 11.3 Å². The molecule has 0 saturated carbocycles. The van der Waals surface area contributed by atoms with Crippen LogP contribution in [-0.2, 0) is 4.74 Å². The predicted octanol–water partition coefficient (Wildman–Crippen LogP) is 1.65. The molecule has 1 aromatic rings. The van der Waals surface area contributed by atoms with E-state index in [1.165, 1.54) is 0 Å². The quantitative estimate of drug-likeness (QED) is 0.780. The van der Waals surface area contributed by atoms with Crippen LogP contribution < -0.4 is 5.32 Å². The van der Waals surface area contributed by atoms with E-state index in [2.05, 4.69) is 10.3 Å². The van der Waals surface area contributed by atoms with Gasteiger partial charge >= 0.3 is 0 Å². The fourth-order valence-electron chi connectivity index (χ4n) is 1.11. The first-order valence-corrected chi connectivity index (χ1v) is 5.79. The molecule has 0 bridgehead atoms. The van der Waals surface area contributed by atoms with Gasteiger partial charge in [0.2, 0.25) is 0 Å². The summed E-state index contributed by atoms with van der Waals surface area (Å²) in [6.45, 7) is 4.79. The van der Waals surface area contributed by atoms with Gasteiger partial charge in [-0.25, -0.2) is 4.98 Å². The molecule has 1 aromatic heterocycles. The molecule has 0 aliphatic heterocycles. The van der Waals surface area contributed by atoms with Crippen molar-refractivity contribution in [3.8, 4) is 0 Å². The Morgan fingerprint density at radius 2 is 2.40 bits per heavy atom. The van der Waals surface area contributed by atoms with Gasteiger partial charge in [-0.15, -0.1) is 11.3 Å². The summed E-state index contributed by atoms with van der Waals surface area (Å²) in [7, 11) is 1.63. The lowest BCUT2D eigenvalue weighted by Crippen LogP contribution is -2.34. The van der Waals surface area contributed by atoms with E-state index in [0.29, 0.717) is 19.6 Å². The summed E-state index contributed by atoms with van der Waals surface area (Å²) >= 11 is 1.55. The van der Waals surface area contributed by atoms with Gasteiger partial charge in [-0.2, -0.15) is 0 Å². The summed E-state index contributed by atoms with van der Waals surface area (Å²) in [6, 6.07) is 0. The molecule has 0 saturated heterocycles. The van der Waals surface area contributed by atoms with Crippen molar-refractivity contribution in [1.82, 2.24) is 4.98 Å². The van der Waals surface area contributed by atoms with Crippen LogP contribution in [0.1, 0.15) is 19.0 Å². The van der Waals surface area contributed by atoms with E-state index in [9.17, 15) is 5.11 Å². The van der Waals surface area contributed by atoms with Crippen molar-refractivity contribution in [2.24, 2.45) is 0 Å². The first kappa shape index (κ1) is 12.4. The molecule has 0 amide bonds. The van der Waals surface area contributed by atoms with Gasteiger partial charge in [0, 0.05) is 32.1 Å². The van der Waals surface area contributed by atoms with Crippen LogP contribution in [-0.4, -0.2) is 36.0 Å². The largest absolute Gasteiger partial charge is 0.388 e. The maximum absolute atomic E-state index is 9.95. The number of hydrogen-bond acceptors (Lipinski definition) is 5. The first-order valence-electron chi connectivity index (χ1n) is 4.91. The Morgan fingerprint density at radius 3 is 2.93 bits per heavy atom. The highest BCUT2D eigenvalue weighted by Crippen LogP contribution is 2.17. The predicted molar refractivity (Wildman–Crippen MR) is 62.5 cm³/mol. The number of aromatic nitrogens is 1. The minimum Gasteiger partial charge on any atom is -0.388 e. The van der Waals surface area contributed by atoms with Crippen molar-refractivity contribution < 1.29 is 9.84 Å². The molecule has 86 valence electrons. The van der Waals surface area contributed by atoms with Gasteiger partial charge in [0.1, 0.15) is 0 Å². The summed E-state index contributed by atoms with van der Waals surface area (Å²) in [5.74, 6) is 0. The second-order valence-electron chi connectivity index (χ2n) is 3.89. The number of nitrogens with one attached hydrogen (secondary N) is 1. The number of rotatable bonds is 6. The van der Waals surface area contributed by atoms with Crippen molar-refractivity contribution in [3.63, 3.8) is 0 Å². The first-order chi connectivity index (χ1) is 7.03. The Hall–Kier alpha value is -0.650. The zero-order chi connectivity index (χ0) is 11.3. The summed E-state index contributed by atoms with van der Waals surface area (Å²) in [4.78, 5) is 4.26. The Labute approximate surface area is 94.3 Å². The minimum atomic E-state index is -0.754. The Morgan fingerprint density at radius 1 is 1.67 bits per heavy atom. The topological polar surface area (TPSA) is 54.4 Å². The zero-order valence-corrected chi connectivity index (χ0v) is 10.2. The molecule has 1 atom stereocenters. The summed E-state index contributed by atoms with van der Waals surface area (Å²) in [6.07, 6.45) is 0.612. The molecule has 1 rings (SSSR count). The number of aliphatic hydroxyl groups is 1. The third kappa shape index (κ3) is 4.59. The highest BCUT2D eigenvalue weighted by molar-refractivity contribution is 7.13. The van der Waals surface area contributed by atoms with Gasteiger partial charge in [-0.1, -0.05) is 0 Å². The van der Waals surface area contributed by atoms with E-state index < -0.39 is 5.60 Å². The van der Waals surface area contributed by atoms with Crippen LogP contribution in [0.15, 0.2) is 5.38 Å². The number of ether oxygens (including phenoxy) is 1. The monoisotopic (exact) mass is 230 g/mol. The third-order valence-corrected chi connectivity index (χ3v) is 3.00. The van der Waals surface area contributed by atoms with Crippen molar-refractivity contribution >= 4 is 16.5 Å². The van der Waals surface area contributed by atoms with E-state index in [4.69, 9.17) is 4.74 Å². The molecule has 0 spiro atoms. The molecule has 15 heavy (non-hydrogen) atoms. The van der Waals surface area contributed by atoms with Gasteiger partial charge < -0.3 is 15.2 Å². The fraction of sp³-hybridized carbons (Fsp3) is 0.700. The van der Waals surface area contributed by atoms with Gasteiger partial charge in [-0.05, 0) is 13.8 Å². The molecule has 1 heterocycles. The van der Waals surface area contributed by atoms with Crippen LogP contribution in [0.5, 0.6) is 0 Å². The Kier molecular flexibility index (Phi) is 4.50. The lowest BCUT2D eigenvalue weighted by molar-refractivity contribution is 0.0357. The van der Waals surface area contributed by atoms with E-state index in [1.54, 1.807) is 25.4 Å². The number of aryl methyl sites for hydroxylation is 1. The average molecular weight is 230 g/mol. The Bertz CT molecular complexity index is 299. The zero-order valence-electron chi connectivity index (χ0n) is 9.41. The standard InChI is InChI=1S/C10H18N2O2S/c1-8-6-15-9(12-8)11-7-10(2,13)4-5-14-3/h6,13H,4-5,7H2,1-3H3,(H,11,12). The molecule has 1 unspecified atom stereocenters. The molecule has 0 aliphatic rings. The second-order valence-corrected chi connectivity index (χ2v) is 4.75. The van der Waals surface area contributed by atoms with Crippen molar-refractivity contribution in [3.05, 3.63) is 11.1 Å². The van der Waals surface area contributed by atoms with Crippen molar-refractivity contribution in [1.29, 1.82) is 0 Å². The number of anilines is 1. The summed E-state index contributed by atoms with van der Waals surface area (Å²) < 4.78 is 4.93. The van der Waals surface area contributed by atoms with Crippen LogP contribution in [0.2, 0.25) is 0 Å². The SMILES string of the molecule is COCCC(C)(O)CNc1nc(C)cs1. The van der Waals surface area contributed by atoms with E-state index >= 15 is 0 Å². The summed E-state index contributed by atoms with van der Waals surface area (Å²) in [5, 5.41) is 15.9. The molecular formula is C10H18N2O2S. The normalized spacial score (nSPS) is 14.9. The highest BCUT2D eigenvalue weighted by Gasteiger charge is 2.19. The number of hydrogen-bond donors (Lipinski definition) is 2. The average Bonchev–Trinajstić information content (AvgIpc) is 2.59. The Balaban J connectivity index is 2.35. The molecule has 4 nitrogen and oxygen atoms in total. The lowest BCUT2D eigenvalue weighted by atomic mass is 10.0. The molecule has 0 aromatic carbocycles. The van der Waals surface area contributed by atoms with E-state index in [1.807, 2.05) is 12.3 Å². The summed E-state index contributed by atoms with van der Waals surface area (Å²) in [5.41, 5.74) is 0.245. The second kappa shape index (κ2) is 5.44.